The van der Waals surface area contributed by atoms with Gasteiger partial charge in [-0.15, -0.1) is 6.58 Å². The molecule has 14 heavy (non-hydrogen) atoms. The number of carbonyl (C=O) groups is 1. The number of carbonyl (C=O) groups excluding carboxylic acids is 1. The van der Waals surface area contributed by atoms with Gasteiger partial charge in [0.15, 0.2) is 0 Å². The molecule has 1 aromatic rings. The highest BCUT2D eigenvalue weighted by molar-refractivity contribution is 9.11. The van der Waals surface area contributed by atoms with E-state index in [0.29, 0.717) is 12.1 Å². The maximum Gasteiger partial charge on any atom is 0.252 e. The molecule has 0 aromatic heterocycles. The molecular formula is C10H9Br2NO. The molecule has 0 bridgehead atoms. The fraction of sp³-hybridized carbons (Fsp3) is 0.100. The normalized spacial score (nSPS) is 9.57. The van der Waals surface area contributed by atoms with Crippen molar-refractivity contribution in [3.05, 3.63) is 45.4 Å². The average molecular weight is 319 g/mol. The van der Waals surface area contributed by atoms with E-state index >= 15 is 0 Å². The smallest absolute Gasteiger partial charge is 0.252 e. The van der Waals surface area contributed by atoms with Crippen molar-refractivity contribution in [3.63, 3.8) is 0 Å². The summed E-state index contributed by atoms with van der Waals surface area (Å²) < 4.78 is 1.71. The lowest BCUT2D eigenvalue weighted by atomic mass is 10.2. The minimum atomic E-state index is -0.107. The summed E-state index contributed by atoms with van der Waals surface area (Å²) in [7, 11) is 0. The number of amides is 1. The zero-order valence-electron chi connectivity index (χ0n) is 7.39. The molecule has 4 heteroatoms. The van der Waals surface area contributed by atoms with Crippen molar-refractivity contribution in [1.29, 1.82) is 0 Å². The standard InChI is InChI=1S/C10H9Br2NO/c1-2-5-13-10(14)8-4-3-7(11)6-9(8)12/h2-4,6H,1,5H2,(H,13,14). The number of hydrogen-bond donors (Lipinski definition) is 1. The van der Waals surface area contributed by atoms with E-state index in [1.165, 1.54) is 0 Å². The number of rotatable bonds is 3. The highest BCUT2D eigenvalue weighted by atomic mass is 79.9. The molecule has 0 heterocycles. The molecule has 74 valence electrons. The van der Waals surface area contributed by atoms with Crippen LogP contribution in [-0.4, -0.2) is 12.5 Å². The Morgan fingerprint density at radius 1 is 1.50 bits per heavy atom. The average Bonchev–Trinajstić information content (AvgIpc) is 2.14. The van der Waals surface area contributed by atoms with Gasteiger partial charge in [0, 0.05) is 15.5 Å². The van der Waals surface area contributed by atoms with Gasteiger partial charge >= 0.3 is 0 Å². The molecule has 0 saturated carbocycles. The van der Waals surface area contributed by atoms with Crippen molar-refractivity contribution < 1.29 is 4.79 Å². The van der Waals surface area contributed by atoms with E-state index in [9.17, 15) is 4.79 Å². The van der Waals surface area contributed by atoms with Gasteiger partial charge in [0.25, 0.3) is 5.91 Å². The van der Waals surface area contributed by atoms with Crippen LogP contribution >= 0.6 is 31.9 Å². The molecule has 1 aromatic carbocycles. The van der Waals surface area contributed by atoms with Crippen LogP contribution in [0.1, 0.15) is 10.4 Å². The first-order valence-electron chi connectivity index (χ1n) is 3.99. The van der Waals surface area contributed by atoms with Crippen LogP contribution in [0.3, 0.4) is 0 Å². The van der Waals surface area contributed by atoms with E-state index in [1.54, 1.807) is 12.1 Å². The van der Waals surface area contributed by atoms with Gasteiger partial charge in [0.05, 0.1) is 5.56 Å². The second kappa shape index (κ2) is 5.32. The summed E-state index contributed by atoms with van der Waals surface area (Å²) in [6.45, 7) is 4.00. The highest BCUT2D eigenvalue weighted by Crippen LogP contribution is 2.21. The fourth-order valence-electron chi connectivity index (χ4n) is 0.934. The summed E-state index contributed by atoms with van der Waals surface area (Å²) in [6, 6.07) is 5.42. The molecule has 0 unspecified atom stereocenters. The summed E-state index contributed by atoms with van der Waals surface area (Å²) >= 11 is 6.64. The summed E-state index contributed by atoms with van der Waals surface area (Å²) in [6.07, 6.45) is 1.64. The van der Waals surface area contributed by atoms with E-state index < -0.39 is 0 Å². The van der Waals surface area contributed by atoms with Crippen LogP contribution in [0.2, 0.25) is 0 Å². The van der Waals surface area contributed by atoms with E-state index in [-0.39, 0.29) is 5.91 Å². The SMILES string of the molecule is C=CCNC(=O)c1ccc(Br)cc1Br. The predicted octanol–water partition coefficient (Wildman–Crippen LogP) is 3.13. The molecule has 1 amide bonds. The molecule has 0 radical (unpaired) electrons. The van der Waals surface area contributed by atoms with Gasteiger partial charge in [-0.25, -0.2) is 0 Å². The van der Waals surface area contributed by atoms with Crippen LogP contribution in [0.4, 0.5) is 0 Å². The molecule has 0 spiro atoms. The van der Waals surface area contributed by atoms with Gasteiger partial charge in [-0.3, -0.25) is 4.79 Å². The summed E-state index contributed by atoms with van der Waals surface area (Å²) in [5, 5.41) is 2.71. The topological polar surface area (TPSA) is 29.1 Å². The second-order valence-corrected chi connectivity index (χ2v) is 4.39. The van der Waals surface area contributed by atoms with Crippen molar-refractivity contribution >= 4 is 37.8 Å². The number of hydrogen-bond acceptors (Lipinski definition) is 1. The molecule has 2 nitrogen and oxygen atoms in total. The summed E-state index contributed by atoms with van der Waals surface area (Å²) in [5.74, 6) is -0.107. The third-order valence-corrected chi connectivity index (χ3v) is 2.73. The Kier molecular flexibility index (Phi) is 4.35. The number of halogens is 2. The quantitative estimate of drug-likeness (QED) is 0.852. The van der Waals surface area contributed by atoms with Crippen molar-refractivity contribution in [2.45, 2.75) is 0 Å². The fourth-order valence-corrected chi connectivity index (χ4v) is 2.16. The Bertz CT molecular complexity index is 363. The Morgan fingerprint density at radius 3 is 2.79 bits per heavy atom. The first kappa shape index (κ1) is 11.5. The third kappa shape index (κ3) is 2.96. The van der Waals surface area contributed by atoms with Gasteiger partial charge in [-0.2, -0.15) is 0 Å². The molecule has 0 atom stereocenters. The second-order valence-electron chi connectivity index (χ2n) is 2.62. The van der Waals surface area contributed by atoms with E-state index in [0.717, 1.165) is 8.95 Å². The van der Waals surface area contributed by atoms with Crippen LogP contribution in [0.15, 0.2) is 39.8 Å². The maximum absolute atomic E-state index is 11.5. The molecule has 0 aliphatic rings. The highest BCUT2D eigenvalue weighted by Gasteiger charge is 2.08. The largest absolute Gasteiger partial charge is 0.349 e. The number of benzene rings is 1. The molecule has 1 N–H and O–H groups in total. The van der Waals surface area contributed by atoms with Crippen molar-refractivity contribution in [1.82, 2.24) is 5.32 Å². The Morgan fingerprint density at radius 2 is 2.21 bits per heavy atom. The molecular weight excluding hydrogens is 310 g/mol. The molecule has 1 rings (SSSR count). The molecule has 0 saturated heterocycles. The summed E-state index contributed by atoms with van der Waals surface area (Å²) in [5.41, 5.74) is 0.620. The Labute approximate surface area is 99.6 Å². The third-order valence-electron chi connectivity index (χ3n) is 1.58. The van der Waals surface area contributed by atoms with Crippen LogP contribution in [-0.2, 0) is 0 Å². The van der Waals surface area contributed by atoms with Crippen molar-refractivity contribution in [2.24, 2.45) is 0 Å². The first-order chi connectivity index (χ1) is 6.65. The van der Waals surface area contributed by atoms with Crippen LogP contribution in [0.5, 0.6) is 0 Å². The lowest BCUT2D eigenvalue weighted by molar-refractivity contribution is 0.0957. The van der Waals surface area contributed by atoms with E-state index in [2.05, 4.69) is 43.8 Å². The Balaban J connectivity index is 2.84. The molecule has 0 aliphatic carbocycles. The monoisotopic (exact) mass is 317 g/mol. The predicted molar refractivity (Wildman–Crippen MR) is 64.4 cm³/mol. The molecule has 0 aliphatic heterocycles. The van der Waals surface area contributed by atoms with Gasteiger partial charge in [0.1, 0.15) is 0 Å². The Hall–Kier alpha value is -0.610. The van der Waals surface area contributed by atoms with E-state index in [1.807, 2.05) is 12.1 Å². The van der Waals surface area contributed by atoms with Gasteiger partial charge in [-0.1, -0.05) is 22.0 Å². The molecule has 0 fully saturated rings. The van der Waals surface area contributed by atoms with Crippen LogP contribution in [0, 0.1) is 0 Å². The minimum absolute atomic E-state index is 0.107. The van der Waals surface area contributed by atoms with Crippen LogP contribution in [0.25, 0.3) is 0 Å². The van der Waals surface area contributed by atoms with Gasteiger partial charge < -0.3 is 5.32 Å². The van der Waals surface area contributed by atoms with Crippen molar-refractivity contribution in [3.8, 4) is 0 Å². The van der Waals surface area contributed by atoms with Gasteiger partial charge in [-0.05, 0) is 34.1 Å². The summed E-state index contributed by atoms with van der Waals surface area (Å²) in [4.78, 5) is 11.5. The minimum Gasteiger partial charge on any atom is -0.349 e. The van der Waals surface area contributed by atoms with Crippen LogP contribution < -0.4 is 5.32 Å². The lowest BCUT2D eigenvalue weighted by Gasteiger charge is -2.04. The van der Waals surface area contributed by atoms with Crippen molar-refractivity contribution in [2.75, 3.05) is 6.54 Å². The number of nitrogens with one attached hydrogen (secondary N) is 1. The van der Waals surface area contributed by atoms with E-state index in [4.69, 9.17) is 0 Å². The van der Waals surface area contributed by atoms with Gasteiger partial charge in [0.2, 0.25) is 0 Å². The zero-order valence-corrected chi connectivity index (χ0v) is 10.6. The zero-order chi connectivity index (χ0) is 10.6. The lowest BCUT2D eigenvalue weighted by Crippen LogP contribution is -2.23. The first-order valence-corrected chi connectivity index (χ1v) is 5.58. The maximum atomic E-state index is 11.5.